The Kier molecular flexibility index (Phi) is 1.91. The van der Waals surface area contributed by atoms with Crippen molar-refractivity contribution in [1.29, 1.82) is 0 Å². The first-order chi connectivity index (χ1) is 6.24. The molecule has 0 atom stereocenters. The van der Waals surface area contributed by atoms with Crippen LogP contribution in [0.5, 0.6) is 0 Å². The Morgan fingerprint density at radius 3 is 3.00 bits per heavy atom. The van der Waals surface area contributed by atoms with Crippen LogP contribution in [0, 0.1) is 6.92 Å². The van der Waals surface area contributed by atoms with Crippen molar-refractivity contribution >= 4 is 11.4 Å². The quantitative estimate of drug-likeness (QED) is 0.643. The van der Waals surface area contributed by atoms with Gasteiger partial charge in [0.05, 0.1) is 11.4 Å². The predicted octanol–water partition coefficient (Wildman–Crippen LogP) is 2.11. The number of fused-ring (bicyclic) bond motifs is 1. The van der Waals surface area contributed by atoms with Crippen LogP contribution in [0.2, 0.25) is 0 Å². The molecule has 1 aliphatic rings. The fourth-order valence-electron chi connectivity index (χ4n) is 2.08. The molecule has 0 saturated carbocycles. The molecular weight excluding hydrogens is 160 g/mol. The minimum atomic E-state index is 0.959. The summed E-state index contributed by atoms with van der Waals surface area (Å²) in [5.74, 6) is 0. The van der Waals surface area contributed by atoms with E-state index in [2.05, 4.69) is 25.2 Å². The van der Waals surface area contributed by atoms with E-state index in [9.17, 15) is 0 Å². The molecule has 3 N–H and O–H groups in total. The van der Waals surface area contributed by atoms with E-state index in [1.54, 1.807) is 0 Å². The lowest BCUT2D eigenvalue weighted by atomic mass is 9.99. The molecule has 2 heteroatoms. The number of hydrogen-bond donors (Lipinski definition) is 2. The van der Waals surface area contributed by atoms with E-state index >= 15 is 0 Å². The third-order valence-electron chi connectivity index (χ3n) is 2.84. The average Bonchev–Trinajstić information content (AvgIpc) is 2.60. The molecule has 0 bridgehead atoms. The molecule has 1 heterocycles. The van der Waals surface area contributed by atoms with Crippen LogP contribution in [-0.4, -0.2) is 6.54 Å². The van der Waals surface area contributed by atoms with Gasteiger partial charge < -0.3 is 11.1 Å². The van der Waals surface area contributed by atoms with Gasteiger partial charge in [0.1, 0.15) is 0 Å². The lowest BCUT2D eigenvalue weighted by molar-refractivity contribution is 1.08. The standard InChI is InChI=1S/C11H16N2/c1-3-8-6-7(2)9-4-5-13-11(9)10(8)12/h6,13H,3-5,12H2,1-2H3. The molecule has 0 saturated heterocycles. The van der Waals surface area contributed by atoms with Crippen LogP contribution < -0.4 is 11.1 Å². The van der Waals surface area contributed by atoms with Gasteiger partial charge in [0.2, 0.25) is 0 Å². The minimum Gasteiger partial charge on any atom is -0.397 e. The number of nitrogen functional groups attached to an aromatic ring is 1. The summed E-state index contributed by atoms with van der Waals surface area (Å²) in [7, 11) is 0. The molecule has 0 radical (unpaired) electrons. The predicted molar refractivity (Wildman–Crippen MR) is 57.2 cm³/mol. The van der Waals surface area contributed by atoms with E-state index in [1.165, 1.54) is 22.4 Å². The monoisotopic (exact) mass is 176 g/mol. The lowest BCUT2D eigenvalue weighted by Crippen LogP contribution is -2.00. The van der Waals surface area contributed by atoms with E-state index in [0.717, 1.165) is 25.1 Å². The van der Waals surface area contributed by atoms with Crippen molar-refractivity contribution in [3.8, 4) is 0 Å². The lowest BCUT2D eigenvalue weighted by Gasteiger charge is -2.11. The van der Waals surface area contributed by atoms with Gasteiger partial charge in [-0.3, -0.25) is 0 Å². The SMILES string of the molecule is CCc1cc(C)c2c(c1N)NCC2. The zero-order valence-corrected chi connectivity index (χ0v) is 8.28. The zero-order valence-electron chi connectivity index (χ0n) is 8.28. The molecule has 0 unspecified atom stereocenters. The summed E-state index contributed by atoms with van der Waals surface area (Å²) in [6.45, 7) is 5.35. The second kappa shape index (κ2) is 2.95. The van der Waals surface area contributed by atoms with Crippen LogP contribution in [0.1, 0.15) is 23.6 Å². The molecule has 2 nitrogen and oxygen atoms in total. The van der Waals surface area contributed by atoms with Crippen LogP contribution >= 0.6 is 0 Å². The molecule has 0 spiro atoms. The van der Waals surface area contributed by atoms with Gasteiger partial charge in [-0.05, 0) is 36.5 Å². The third-order valence-corrected chi connectivity index (χ3v) is 2.84. The molecule has 1 aromatic carbocycles. The number of aryl methyl sites for hydroxylation is 2. The fraction of sp³-hybridized carbons (Fsp3) is 0.455. The van der Waals surface area contributed by atoms with Gasteiger partial charge in [-0.25, -0.2) is 0 Å². The van der Waals surface area contributed by atoms with Crippen LogP contribution in [0.25, 0.3) is 0 Å². The van der Waals surface area contributed by atoms with Gasteiger partial charge in [0.15, 0.2) is 0 Å². The largest absolute Gasteiger partial charge is 0.397 e. The number of benzene rings is 1. The van der Waals surface area contributed by atoms with Crippen molar-refractivity contribution in [3.05, 3.63) is 22.8 Å². The third kappa shape index (κ3) is 1.17. The molecule has 0 aliphatic carbocycles. The fourth-order valence-corrected chi connectivity index (χ4v) is 2.08. The van der Waals surface area contributed by atoms with Crippen molar-refractivity contribution in [1.82, 2.24) is 0 Å². The van der Waals surface area contributed by atoms with E-state index < -0.39 is 0 Å². The summed E-state index contributed by atoms with van der Waals surface area (Å²) >= 11 is 0. The van der Waals surface area contributed by atoms with Gasteiger partial charge >= 0.3 is 0 Å². The average molecular weight is 176 g/mol. The number of nitrogens with two attached hydrogens (primary N) is 1. The Balaban J connectivity index is 2.62. The van der Waals surface area contributed by atoms with Crippen molar-refractivity contribution < 1.29 is 0 Å². The highest BCUT2D eigenvalue weighted by atomic mass is 14.9. The van der Waals surface area contributed by atoms with Crippen molar-refractivity contribution in [2.45, 2.75) is 26.7 Å². The maximum absolute atomic E-state index is 6.05. The first-order valence-corrected chi connectivity index (χ1v) is 4.88. The van der Waals surface area contributed by atoms with Gasteiger partial charge in [0, 0.05) is 6.54 Å². The second-order valence-electron chi connectivity index (χ2n) is 3.65. The summed E-state index contributed by atoms with van der Waals surface area (Å²) < 4.78 is 0. The van der Waals surface area contributed by atoms with E-state index in [0.29, 0.717) is 0 Å². The first kappa shape index (κ1) is 8.42. The Hall–Kier alpha value is -1.18. The van der Waals surface area contributed by atoms with Gasteiger partial charge in [-0.2, -0.15) is 0 Å². The summed E-state index contributed by atoms with van der Waals surface area (Å²) in [6.07, 6.45) is 2.14. The summed E-state index contributed by atoms with van der Waals surface area (Å²) in [6, 6.07) is 2.22. The Morgan fingerprint density at radius 2 is 2.31 bits per heavy atom. The van der Waals surface area contributed by atoms with Gasteiger partial charge in [-0.1, -0.05) is 13.0 Å². The summed E-state index contributed by atoms with van der Waals surface area (Å²) in [5, 5.41) is 3.36. The zero-order chi connectivity index (χ0) is 9.42. The maximum atomic E-state index is 6.05. The van der Waals surface area contributed by atoms with Crippen LogP contribution in [0.15, 0.2) is 6.07 Å². The molecule has 0 amide bonds. The molecule has 1 aliphatic heterocycles. The minimum absolute atomic E-state index is 0.959. The molecule has 2 rings (SSSR count). The van der Waals surface area contributed by atoms with E-state index in [-0.39, 0.29) is 0 Å². The van der Waals surface area contributed by atoms with E-state index in [4.69, 9.17) is 5.73 Å². The van der Waals surface area contributed by atoms with E-state index in [1.807, 2.05) is 0 Å². The number of hydrogen-bond acceptors (Lipinski definition) is 2. The molecular formula is C11H16N2. The van der Waals surface area contributed by atoms with Crippen LogP contribution in [-0.2, 0) is 12.8 Å². The Labute approximate surface area is 79.1 Å². The topological polar surface area (TPSA) is 38.0 Å². The number of nitrogens with one attached hydrogen (secondary N) is 1. The summed E-state index contributed by atoms with van der Waals surface area (Å²) in [5.41, 5.74) is 12.3. The first-order valence-electron chi connectivity index (χ1n) is 4.88. The molecule has 13 heavy (non-hydrogen) atoms. The summed E-state index contributed by atoms with van der Waals surface area (Å²) in [4.78, 5) is 0. The van der Waals surface area contributed by atoms with Gasteiger partial charge in [-0.15, -0.1) is 0 Å². The normalized spacial score (nSPS) is 14.0. The highest BCUT2D eigenvalue weighted by Gasteiger charge is 2.17. The highest BCUT2D eigenvalue weighted by Crippen LogP contribution is 2.34. The maximum Gasteiger partial charge on any atom is 0.0612 e. The van der Waals surface area contributed by atoms with Crippen LogP contribution in [0.4, 0.5) is 11.4 Å². The molecule has 0 aromatic heterocycles. The van der Waals surface area contributed by atoms with Crippen LogP contribution in [0.3, 0.4) is 0 Å². The van der Waals surface area contributed by atoms with Crippen molar-refractivity contribution in [3.63, 3.8) is 0 Å². The van der Waals surface area contributed by atoms with Crippen molar-refractivity contribution in [2.75, 3.05) is 17.6 Å². The number of anilines is 2. The second-order valence-corrected chi connectivity index (χ2v) is 3.65. The number of rotatable bonds is 1. The van der Waals surface area contributed by atoms with Gasteiger partial charge in [0.25, 0.3) is 0 Å². The smallest absolute Gasteiger partial charge is 0.0612 e. The molecule has 70 valence electrons. The molecule has 1 aromatic rings. The Bertz CT molecular complexity index is 342. The highest BCUT2D eigenvalue weighted by molar-refractivity contribution is 5.77. The Morgan fingerprint density at radius 1 is 1.54 bits per heavy atom. The van der Waals surface area contributed by atoms with Crippen molar-refractivity contribution in [2.24, 2.45) is 0 Å². The molecule has 0 fully saturated rings.